The van der Waals surface area contributed by atoms with Crippen molar-refractivity contribution in [2.24, 2.45) is 5.92 Å². The first-order chi connectivity index (χ1) is 8.83. The van der Waals surface area contributed by atoms with Crippen molar-refractivity contribution in [3.8, 4) is 0 Å². The highest BCUT2D eigenvalue weighted by Gasteiger charge is 2.32. The number of rotatable bonds is 6. The zero-order chi connectivity index (χ0) is 12.8. The van der Waals surface area contributed by atoms with Crippen LogP contribution >= 0.6 is 0 Å². The van der Waals surface area contributed by atoms with Crippen molar-refractivity contribution >= 4 is 0 Å². The number of piperidine rings is 1. The molecule has 106 valence electrons. The molecule has 2 aliphatic rings. The monoisotopic (exact) mass is 257 g/mol. The van der Waals surface area contributed by atoms with Crippen LogP contribution in [0.3, 0.4) is 0 Å². The zero-order valence-corrected chi connectivity index (χ0v) is 11.8. The van der Waals surface area contributed by atoms with Gasteiger partial charge in [0.1, 0.15) is 0 Å². The lowest BCUT2D eigenvalue weighted by Gasteiger charge is -2.41. The van der Waals surface area contributed by atoms with E-state index in [0.717, 1.165) is 38.6 Å². The van der Waals surface area contributed by atoms with Crippen molar-refractivity contribution in [1.82, 2.24) is 4.90 Å². The van der Waals surface area contributed by atoms with E-state index in [2.05, 4.69) is 4.90 Å². The minimum atomic E-state index is -0.0685. The highest BCUT2D eigenvalue weighted by molar-refractivity contribution is 4.83. The molecule has 0 aromatic rings. The second-order valence-corrected chi connectivity index (χ2v) is 5.20. The number of ether oxygens (including phenoxy) is 3. The molecule has 2 rings (SSSR count). The van der Waals surface area contributed by atoms with Crippen LogP contribution < -0.4 is 0 Å². The van der Waals surface area contributed by atoms with Crippen molar-refractivity contribution in [2.45, 2.75) is 45.5 Å². The Morgan fingerprint density at radius 2 is 2.00 bits per heavy atom. The Labute approximate surface area is 111 Å². The van der Waals surface area contributed by atoms with Crippen LogP contribution in [0.1, 0.15) is 33.1 Å². The van der Waals surface area contributed by atoms with Crippen LogP contribution in [0.15, 0.2) is 0 Å². The first-order valence-electron chi connectivity index (χ1n) is 7.40. The van der Waals surface area contributed by atoms with Crippen molar-refractivity contribution < 1.29 is 14.2 Å². The van der Waals surface area contributed by atoms with E-state index in [9.17, 15) is 0 Å². The lowest BCUT2D eigenvalue weighted by molar-refractivity contribution is -0.156. The summed E-state index contributed by atoms with van der Waals surface area (Å²) in [6, 6.07) is 0. The molecular weight excluding hydrogens is 230 g/mol. The van der Waals surface area contributed by atoms with E-state index in [-0.39, 0.29) is 6.29 Å². The third kappa shape index (κ3) is 3.92. The fourth-order valence-corrected chi connectivity index (χ4v) is 3.06. The van der Waals surface area contributed by atoms with Crippen LogP contribution in [0.25, 0.3) is 0 Å². The topological polar surface area (TPSA) is 30.9 Å². The van der Waals surface area contributed by atoms with Gasteiger partial charge in [-0.05, 0) is 39.0 Å². The summed E-state index contributed by atoms with van der Waals surface area (Å²) in [7, 11) is 0. The zero-order valence-electron chi connectivity index (χ0n) is 11.8. The highest BCUT2D eigenvalue weighted by Crippen LogP contribution is 2.28. The third-order valence-corrected chi connectivity index (χ3v) is 3.91. The molecule has 0 radical (unpaired) electrons. The van der Waals surface area contributed by atoms with Gasteiger partial charge in [-0.15, -0.1) is 0 Å². The Hall–Kier alpha value is -0.160. The van der Waals surface area contributed by atoms with Gasteiger partial charge in [0.15, 0.2) is 6.29 Å². The van der Waals surface area contributed by atoms with E-state index in [1.807, 2.05) is 13.8 Å². The first kappa shape index (κ1) is 14.3. The Kier molecular flexibility index (Phi) is 5.89. The fourth-order valence-electron chi connectivity index (χ4n) is 3.06. The van der Waals surface area contributed by atoms with Gasteiger partial charge in [0.25, 0.3) is 0 Å². The van der Waals surface area contributed by atoms with Crippen molar-refractivity contribution in [1.29, 1.82) is 0 Å². The molecule has 4 heteroatoms. The molecule has 4 nitrogen and oxygen atoms in total. The predicted molar refractivity (Wildman–Crippen MR) is 70.6 cm³/mol. The second kappa shape index (κ2) is 7.43. The minimum Gasteiger partial charge on any atom is -0.378 e. The number of hydrogen-bond acceptors (Lipinski definition) is 4. The molecule has 2 heterocycles. The van der Waals surface area contributed by atoms with Gasteiger partial charge in [-0.1, -0.05) is 0 Å². The number of likely N-dealkylation sites (tertiary alicyclic amines) is 1. The Morgan fingerprint density at radius 1 is 1.22 bits per heavy atom. The van der Waals surface area contributed by atoms with Gasteiger partial charge in [-0.25, -0.2) is 0 Å². The van der Waals surface area contributed by atoms with Gasteiger partial charge in [0, 0.05) is 39.5 Å². The van der Waals surface area contributed by atoms with Crippen LogP contribution in [0.4, 0.5) is 0 Å². The Bertz CT molecular complexity index is 231. The maximum absolute atomic E-state index is 5.84. The molecule has 0 bridgehead atoms. The largest absolute Gasteiger partial charge is 0.378 e. The van der Waals surface area contributed by atoms with Gasteiger partial charge in [0.05, 0.1) is 6.10 Å². The summed E-state index contributed by atoms with van der Waals surface area (Å²) in [6.45, 7) is 9.58. The number of nitrogens with zero attached hydrogens (tertiary/aromatic N) is 1. The van der Waals surface area contributed by atoms with Gasteiger partial charge >= 0.3 is 0 Å². The molecule has 0 aromatic heterocycles. The average molecular weight is 257 g/mol. The van der Waals surface area contributed by atoms with Gasteiger partial charge in [-0.3, -0.25) is 4.90 Å². The summed E-state index contributed by atoms with van der Waals surface area (Å²) >= 11 is 0. The molecule has 0 N–H and O–H groups in total. The van der Waals surface area contributed by atoms with E-state index in [1.165, 1.54) is 12.8 Å². The summed E-state index contributed by atoms with van der Waals surface area (Å²) in [6.07, 6.45) is 4.13. The van der Waals surface area contributed by atoms with Crippen LogP contribution in [0.5, 0.6) is 0 Å². The molecule has 0 spiro atoms. The van der Waals surface area contributed by atoms with E-state index in [4.69, 9.17) is 14.2 Å². The number of hydrogen-bond donors (Lipinski definition) is 0. The average Bonchev–Trinajstić information content (AvgIpc) is 2.39. The molecule has 0 aromatic carbocycles. The summed E-state index contributed by atoms with van der Waals surface area (Å²) < 4.78 is 17.1. The molecule has 0 unspecified atom stereocenters. The van der Waals surface area contributed by atoms with Gasteiger partial charge in [0.2, 0.25) is 0 Å². The molecule has 2 saturated heterocycles. The predicted octanol–water partition coefficient (Wildman–Crippen LogP) is 1.89. The molecule has 0 amide bonds. The molecule has 0 saturated carbocycles. The van der Waals surface area contributed by atoms with E-state index >= 15 is 0 Å². The lowest BCUT2D eigenvalue weighted by atomic mass is 9.88. The Morgan fingerprint density at radius 3 is 2.72 bits per heavy atom. The van der Waals surface area contributed by atoms with Crippen molar-refractivity contribution in [2.75, 3.05) is 39.5 Å². The van der Waals surface area contributed by atoms with Crippen molar-refractivity contribution in [3.05, 3.63) is 0 Å². The quantitative estimate of drug-likeness (QED) is 0.680. The maximum atomic E-state index is 5.84. The van der Waals surface area contributed by atoms with Crippen LogP contribution in [0, 0.1) is 5.92 Å². The maximum Gasteiger partial charge on any atom is 0.170 e. The molecule has 0 aliphatic carbocycles. The molecular formula is C14H27NO3. The molecule has 2 aliphatic heterocycles. The first-order valence-corrected chi connectivity index (χ1v) is 7.40. The van der Waals surface area contributed by atoms with E-state index in [0.29, 0.717) is 19.3 Å². The summed E-state index contributed by atoms with van der Waals surface area (Å²) in [5.41, 5.74) is 0. The summed E-state index contributed by atoms with van der Waals surface area (Å²) in [5.74, 6) is 0.719. The third-order valence-electron chi connectivity index (χ3n) is 3.91. The van der Waals surface area contributed by atoms with Gasteiger partial charge < -0.3 is 14.2 Å². The molecule has 2 atom stereocenters. The fraction of sp³-hybridized carbons (Fsp3) is 1.00. The standard InChI is InChI=1S/C14H27NO3/c1-3-16-14(17-4-2)11-15-8-7-13-12(10-15)6-5-9-18-13/h12-14H,3-11H2,1-2H3/t12-,13-/m1/s1. The summed E-state index contributed by atoms with van der Waals surface area (Å²) in [5, 5.41) is 0. The minimum absolute atomic E-state index is 0.0685. The normalized spacial score (nSPS) is 29.5. The van der Waals surface area contributed by atoms with E-state index in [1.54, 1.807) is 0 Å². The van der Waals surface area contributed by atoms with Crippen LogP contribution in [-0.2, 0) is 14.2 Å². The van der Waals surface area contributed by atoms with Crippen molar-refractivity contribution in [3.63, 3.8) is 0 Å². The second-order valence-electron chi connectivity index (χ2n) is 5.20. The van der Waals surface area contributed by atoms with Crippen LogP contribution in [0.2, 0.25) is 0 Å². The number of fused-ring (bicyclic) bond motifs is 1. The Balaban J connectivity index is 1.78. The highest BCUT2D eigenvalue weighted by atomic mass is 16.7. The van der Waals surface area contributed by atoms with Crippen LogP contribution in [-0.4, -0.2) is 56.7 Å². The van der Waals surface area contributed by atoms with E-state index < -0.39 is 0 Å². The molecule has 18 heavy (non-hydrogen) atoms. The molecule has 2 fully saturated rings. The summed E-state index contributed by atoms with van der Waals surface area (Å²) in [4.78, 5) is 2.48. The SMILES string of the molecule is CCOC(CN1CC[C@H]2OCCC[C@@H]2C1)OCC. The lowest BCUT2D eigenvalue weighted by Crippen LogP contribution is -2.49. The van der Waals surface area contributed by atoms with Gasteiger partial charge in [-0.2, -0.15) is 0 Å². The smallest absolute Gasteiger partial charge is 0.170 e.